The SMILES string of the molecule is N#Cc1cc(-c2cc(C(F)(F)F)c(-n3c4ccccc4c4ccccc43)cc2-n2c3ccccc3c3ccccc32)c(-n2c3ccccc3c3ccccc32)cc1-n1c2ccccc2c2ccccc21. The zero-order valence-electron chi connectivity index (χ0n) is 37.2. The van der Waals surface area contributed by atoms with E-state index in [2.05, 4.69) is 68.3 Å². The molecule has 14 rings (SSSR count). The Bertz CT molecular complexity index is 4340. The molecule has 5 nitrogen and oxygen atoms in total. The molecular formula is C62H36F3N5. The minimum atomic E-state index is -4.82. The first-order chi connectivity index (χ1) is 34.4. The number of halogens is 3. The van der Waals surface area contributed by atoms with Crippen LogP contribution in [0.25, 0.3) is 121 Å². The minimum absolute atomic E-state index is 0.00802. The van der Waals surface area contributed by atoms with Crippen molar-refractivity contribution in [2.24, 2.45) is 0 Å². The second-order valence-electron chi connectivity index (χ2n) is 17.9. The highest BCUT2D eigenvalue weighted by Crippen LogP contribution is 2.48. The van der Waals surface area contributed by atoms with Crippen molar-refractivity contribution in [3.8, 4) is 39.9 Å². The molecule has 0 atom stereocenters. The minimum Gasteiger partial charge on any atom is -0.309 e. The van der Waals surface area contributed by atoms with Crippen molar-refractivity contribution in [2.75, 3.05) is 0 Å². The molecule has 0 radical (unpaired) electrons. The number of alkyl halides is 3. The first kappa shape index (κ1) is 39.8. The van der Waals surface area contributed by atoms with Gasteiger partial charge in [-0.1, -0.05) is 146 Å². The van der Waals surface area contributed by atoms with E-state index in [0.717, 1.165) is 76.2 Å². The average Bonchev–Trinajstić information content (AvgIpc) is 4.13. The maximum Gasteiger partial charge on any atom is 0.418 e. The third-order valence-corrected chi connectivity index (χ3v) is 14.2. The molecule has 0 amide bonds. The molecule has 10 aromatic carbocycles. The van der Waals surface area contributed by atoms with Gasteiger partial charge in [0.05, 0.1) is 78.0 Å². The number of fused-ring (bicyclic) bond motifs is 12. The molecule has 0 aliphatic rings. The molecule has 330 valence electrons. The molecule has 0 spiro atoms. The highest BCUT2D eigenvalue weighted by molar-refractivity contribution is 6.14. The number of para-hydroxylation sites is 8. The fourth-order valence-electron chi connectivity index (χ4n) is 11.4. The van der Waals surface area contributed by atoms with Crippen LogP contribution in [0.2, 0.25) is 0 Å². The van der Waals surface area contributed by atoms with E-state index in [1.807, 2.05) is 158 Å². The normalized spacial score (nSPS) is 12.2. The monoisotopic (exact) mass is 907 g/mol. The number of hydrogen-bond donors (Lipinski definition) is 0. The molecule has 0 saturated carbocycles. The Morgan fingerprint density at radius 2 is 0.543 bits per heavy atom. The maximum atomic E-state index is 16.5. The van der Waals surface area contributed by atoms with E-state index in [1.54, 1.807) is 10.6 Å². The summed E-state index contributed by atoms with van der Waals surface area (Å²) in [7, 11) is 0. The number of benzene rings is 10. The van der Waals surface area contributed by atoms with Crippen LogP contribution >= 0.6 is 0 Å². The van der Waals surface area contributed by atoms with Gasteiger partial charge in [-0.05, 0) is 72.8 Å². The van der Waals surface area contributed by atoms with Gasteiger partial charge in [-0.3, -0.25) is 0 Å². The molecule has 14 aromatic rings. The summed E-state index contributed by atoms with van der Waals surface area (Å²) in [6.07, 6.45) is -4.82. The summed E-state index contributed by atoms with van der Waals surface area (Å²) in [6, 6.07) is 73.3. The summed E-state index contributed by atoms with van der Waals surface area (Å²) >= 11 is 0. The highest BCUT2D eigenvalue weighted by Gasteiger charge is 2.37. The largest absolute Gasteiger partial charge is 0.418 e. The lowest BCUT2D eigenvalue weighted by Gasteiger charge is -2.24. The number of hydrogen-bond acceptors (Lipinski definition) is 1. The van der Waals surface area contributed by atoms with E-state index >= 15 is 13.2 Å². The third-order valence-electron chi connectivity index (χ3n) is 14.2. The molecule has 4 heterocycles. The summed E-state index contributed by atoms with van der Waals surface area (Å²) < 4.78 is 57.7. The smallest absolute Gasteiger partial charge is 0.309 e. The van der Waals surface area contributed by atoms with Crippen LogP contribution in [0.4, 0.5) is 13.2 Å². The van der Waals surface area contributed by atoms with E-state index < -0.39 is 11.7 Å². The Labute approximate surface area is 397 Å². The van der Waals surface area contributed by atoms with Crippen molar-refractivity contribution in [1.29, 1.82) is 5.26 Å². The van der Waals surface area contributed by atoms with Gasteiger partial charge in [-0.15, -0.1) is 0 Å². The number of rotatable bonds is 5. The zero-order valence-corrected chi connectivity index (χ0v) is 37.2. The predicted molar refractivity (Wildman–Crippen MR) is 279 cm³/mol. The number of nitriles is 1. The van der Waals surface area contributed by atoms with Crippen LogP contribution < -0.4 is 0 Å². The van der Waals surface area contributed by atoms with Gasteiger partial charge in [-0.25, -0.2) is 0 Å². The highest BCUT2D eigenvalue weighted by atomic mass is 19.4. The maximum absolute atomic E-state index is 16.5. The fraction of sp³-hybridized carbons (Fsp3) is 0.0161. The van der Waals surface area contributed by atoms with Gasteiger partial charge < -0.3 is 18.3 Å². The lowest BCUT2D eigenvalue weighted by Crippen LogP contribution is -2.14. The molecule has 0 bridgehead atoms. The van der Waals surface area contributed by atoms with Crippen LogP contribution in [0.1, 0.15) is 11.1 Å². The Hall–Kier alpha value is -9.32. The van der Waals surface area contributed by atoms with Crippen molar-refractivity contribution >= 4 is 87.2 Å². The first-order valence-electron chi connectivity index (χ1n) is 23.2. The molecule has 8 heteroatoms. The van der Waals surface area contributed by atoms with E-state index in [4.69, 9.17) is 0 Å². The van der Waals surface area contributed by atoms with Gasteiger partial charge in [0.25, 0.3) is 0 Å². The molecule has 0 N–H and O–H groups in total. The lowest BCUT2D eigenvalue weighted by atomic mass is 9.94. The van der Waals surface area contributed by atoms with Gasteiger partial charge in [0.2, 0.25) is 0 Å². The van der Waals surface area contributed by atoms with Crippen LogP contribution in [0, 0.1) is 11.3 Å². The van der Waals surface area contributed by atoms with Gasteiger partial charge in [0.1, 0.15) is 6.07 Å². The number of nitrogens with zero attached hydrogens (tertiary/aromatic N) is 5. The Morgan fingerprint density at radius 1 is 0.300 bits per heavy atom. The topological polar surface area (TPSA) is 43.5 Å². The van der Waals surface area contributed by atoms with Crippen LogP contribution in [0.3, 0.4) is 0 Å². The van der Waals surface area contributed by atoms with E-state index in [1.165, 1.54) is 6.07 Å². The molecule has 70 heavy (non-hydrogen) atoms. The molecular weight excluding hydrogens is 872 g/mol. The van der Waals surface area contributed by atoms with Gasteiger partial charge in [-0.2, -0.15) is 18.4 Å². The van der Waals surface area contributed by atoms with Gasteiger partial charge in [0.15, 0.2) is 0 Å². The molecule has 4 aromatic heterocycles. The lowest BCUT2D eigenvalue weighted by molar-refractivity contribution is -0.137. The Morgan fingerprint density at radius 3 is 0.829 bits per heavy atom. The standard InChI is InChI=1S/C62H36F3N5/c63-62(64,65)49-34-48(60(69-54-29-13-5-21-43(54)44-22-6-14-30-55(44)69)36-61(49)70-56-31-15-7-23-45(56)46-24-8-16-32-57(46)70)47-33-38(37-66)58(67-50-25-9-1-17-39(50)40-18-2-10-26-51(40)67)35-59(47)68-52-27-11-3-19-41(52)42-20-4-12-28-53(42)68/h1-36H. The molecule has 0 aliphatic heterocycles. The molecule has 0 unspecified atom stereocenters. The summed E-state index contributed by atoms with van der Waals surface area (Å²) in [5, 5.41) is 19.1. The summed E-state index contributed by atoms with van der Waals surface area (Å²) in [5.41, 5.74) is 8.55. The van der Waals surface area contributed by atoms with Gasteiger partial charge in [0, 0.05) is 54.2 Å². The molecule has 0 saturated heterocycles. The van der Waals surface area contributed by atoms with Crippen LogP contribution in [0.5, 0.6) is 0 Å². The van der Waals surface area contributed by atoms with Crippen molar-refractivity contribution in [3.63, 3.8) is 0 Å². The second-order valence-corrected chi connectivity index (χ2v) is 17.9. The van der Waals surface area contributed by atoms with Crippen LogP contribution in [-0.2, 0) is 6.18 Å². The molecule has 0 aliphatic carbocycles. The van der Waals surface area contributed by atoms with E-state index in [9.17, 15) is 5.26 Å². The average molecular weight is 908 g/mol. The van der Waals surface area contributed by atoms with Crippen LogP contribution in [0.15, 0.2) is 218 Å². The van der Waals surface area contributed by atoms with E-state index in [0.29, 0.717) is 44.8 Å². The zero-order chi connectivity index (χ0) is 46.8. The third kappa shape index (κ3) is 5.60. The summed E-state index contributed by atoms with van der Waals surface area (Å²) in [5.74, 6) is 0. The summed E-state index contributed by atoms with van der Waals surface area (Å²) in [6.45, 7) is 0. The predicted octanol–water partition coefficient (Wildman–Crippen LogP) is 16.6. The number of aromatic nitrogens is 4. The first-order valence-corrected chi connectivity index (χ1v) is 23.2. The van der Waals surface area contributed by atoms with Gasteiger partial charge >= 0.3 is 6.18 Å². The van der Waals surface area contributed by atoms with Crippen LogP contribution in [-0.4, -0.2) is 18.3 Å². The van der Waals surface area contributed by atoms with Crippen molar-refractivity contribution in [3.05, 3.63) is 230 Å². The van der Waals surface area contributed by atoms with Crippen molar-refractivity contribution in [2.45, 2.75) is 6.18 Å². The Balaban J connectivity index is 1.20. The van der Waals surface area contributed by atoms with Crippen molar-refractivity contribution in [1.82, 2.24) is 18.3 Å². The fourth-order valence-corrected chi connectivity index (χ4v) is 11.4. The second kappa shape index (κ2) is 14.8. The van der Waals surface area contributed by atoms with Crippen molar-refractivity contribution < 1.29 is 13.2 Å². The summed E-state index contributed by atoms with van der Waals surface area (Å²) in [4.78, 5) is 0. The van der Waals surface area contributed by atoms with E-state index in [-0.39, 0.29) is 5.69 Å². The molecule has 0 fully saturated rings. The Kier molecular flexibility index (Phi) is 8.44. The quantitative estimate of drug-likeness (QED) is 0.170.